The highest BCUT2D eigenvalue weighted by molar-refractivity contribution is 7.98. The largest absolute Gasteiger partial charge is 0.462 e. The smallest absolute Gasteiger partial charge is 0.339 e. The Balaban J connectivity index is 1.90. The van der Waals surface area contributed by atoms with Crippen molar-refractivity contribution in [3.8, 4) is 0 Å². The van der Waals surface area contributed by atoms with E-state index in [-0.39, 0.29) is 11.6 Å². The van der Waals surface area contributed by atoms with E-state index in [0.29, 0.717) is 30.3 Å². The van der Waals surface area contributed by atoms with E-state index in [1.165, 1.54) is 0 Å². The lowest BCUT2D eigenvalue weighted by Crippen LogP contribution is -2.26. The molecule has 1 N–H and O–H groups in total. The number of hydrogen-bond acceptors (Lipinski definition) is 7. The molecule has 29 heavy (non-hydrogen) atoms. The molecule has 0 aliphatic heterocycles. The van der Waals surface area contributed by atoms with Crippen LogP contribution in [-0.4, -0.2) is 51.0 Å². The SMILES string of the molecule is CCOC(=O)c1ccc(C(=O)NCCCc2nnc(SC)n2CC(C)C)nc1C. The lowest BCUT2D eigenvalue weighted by atomic mass is 10.2. The first-order valence-electron chi connectivity index (χ1n) is 9.76. The van der Waals surface area contributed by atoms with Crippen molar-refractivity contribution in [1.29, 1.82) is 0 Å². The number of pyridine rings is 1. The van der Waals surface area contributed by atoms with Gasteiger partial charge < -0.3 is 14.6 Å². The molecule has 2 aromatic rings. The molecule has 0 atom stereocenters. The van der Waals surface area contributed by atoms with Crippen molar-refractivity contribution in [3.05, 3.63) is 34.9 Å². The summed E-state index contributed by atoms with van der Waals surface area (Å²) in [6.07, 6.45) is 3.47. The number of nitrogens with zero attached hydrogens (tertiary/aromatic N) is 4. The van der Waals surface area contributed by atoms with Gasteiger partial charge in [0.1, 0.15) is 11.5 Å². The van der Waals surface area contributed by atoms with E-state index in [1.54, 1.807) is 37.7 Å². The van der Waals surface area contributed by atoms with E-state index in [9.17, 15) is 9.59 Å². The third-order valence-electron chi connectivity index (χ3n) is 4.20. The summed E-state index contributed by atoms with van der Waals surface area (Å²) in [6.45, 7) is 9.43. The van der Waals surface area contributed by atoms with Crippen LogP contribution in [0.2, 0.25) is 0 Å². The second kappa shape index (κ2) is 10.9. The zero-order chi connectivity index (χ0) is 21.4. The minimum atomic E-state index is -0.431. The average molecular weight is 420 g/mol. The molecule has 0 saturated heterocycles. The Morgan fingerprint density at radius 1 is 1.28 bits per heavy atom. The number of carbonyl (C=O) groups excluding carboxylic acids is 2. The van der Waals surface area contributed by atoms with E-state index in [0.717, 1.165) is 30.4 Å². The van der Waals surface area contributed by atoms with Gasteiger partial charge in [-0.25, -0.2) is 9.78 Å². The Morgan fingerprint density at radius 3 is 2.66 bits per heavy atom. The van der Waals surface area contributed by atoms with Crippen LogP contribution < -0.4 is 5.32 Å². The molecule has 0 saturated carbocycles. The number of carbonyl (C=O) groups is 2. The van der Waals surface area contributed by atoms with Gasteiger partial charge in [-0.15, -0.1) is 10.2 Å². The van der Waals surface area contributed by atoms with Crippen LogP contribution >= 0.6 is 11.8 Å². The summed E-state index contributed by atoms with van der Waals surface area (Å²) in [5.41, 5.74) is 1.13. The summed E-state index contributed by atoms with van der Waals surface area (Å²) in [4.78, 5) is 28.4. The third-order valence-corrected chi connectivity index (χ3v) is 4.87. The summed E-state index contributed by atoms with van der Waals surface area (Å²) in [5, 5.41) is 12.3. The molecule has 158 valence electrons. The fourth-order valence-electron chi connectivity index (χ4n) is 2.85. The highest BCUT2D eigenvalue weighted by Crippen LogP contribution is 2.16. The second-order valence-electron chi connectivity index (χ2n) is 7.02. The number of aromatic nitrogens is 4. The lowest BCUT2D eigenvalue weighted by molar-refractivity contribution is 0.0524. The van der Waals surface area contributed by atoms with Crippen LogP contribution in [0.4, 0.5) is 0 Å². The van der Waals surface area contributed by atoms with Gasteiger partial charge in [-0.2, -0.15) is 0 Å². The Bertz CT molecular complexity index is 851. The van der Waals surface area contributed by atoms with Gasteiger partial charge in [-0.05, 0) is 44.6 Å². The van der Waals surface area contributed by atoms with Gasteiger partial charge in [0.2, 0.25) is 0 Å². The van der Waals surface area contributed by atoms with E-state index in [1.807, 2.05) is 6.26 Å². The zero-order valence-electron chi connectivity index (χ0n) is 17.7. The summed E-state index contributed by atoms with van der Waals surface area (Å²) >= 11 is 1.59. The number of thioether (sulfide) groups is 1. The predicted molar refractivity (Wildman–Crippen MR) is 112 cm³/mol. The average Bonchev–Trinajstić information content (AvgIpc) is 3.06. The van der Waals surface area contributed by atoms with Gasteiger partial charge in [0, 0.05) is 19.5 Å². The quantitative estimate of drug-likeness (QED) is 0.359. The Hall–Kier alpha value is -2.42. The van der Waals surface area contributed by atoms with Gasteiger partial charge in [0.15, 0.2) is 5.16 Å². The minimum Gasteiger partial charge on any atom is -0.462 e. The number of hydrogen-bond donors (Lipinski definition) is 1. The molecule has 0 fully saturated rings. The molecule has 8 nitrogen and oxygen atoms in total. The maximum Gasteiger partial charge on any atom is 0.339 e. The van der Waals surface area contributed by atoms with Crippen LogP contribution in [0.25, 0.3) is 0 Å². The van der Waals surface area contributed by atoms with Crippen LogP contribution in [0.15, 0.2) is 17.3 Å². The van der Waals surface area contributed by atoms with Crippen molar-refractivity contribution < 1.29 is 14.3 Å². The minimum absolute atomic E-state index is 0.267. The third kappa shape index (κ3) is 6.28. The van der Waals surface area contributed by atoms with E-state index >= 15 is 0 Å². The fourth-order valence-corrected chi connectivity index (χ4v) is 3.38. The molecule has 0 aliphatic carbocycles. The molecular weight excluding hydrogens is 390 g/mol. The first kappa shape index (κ1) is 22.9. The Labute approximate surface area is 175 Å². The highest BCUT2D eigenvalue weighted by atomic mass is 32.2. The maximum atomic E-state index is 12.4. The summed E-state index contributed by atoms with van der Waals surface area (Å²) < 4.78 is 7.13. The molecule has 0 unspecified atom stereocenters. The van der Waals surface area contributed by atoms with Crippen molar-refractivity contribution in [2.45, 2.75) is 52.2 Å². The number of aryl methyl sites for hydroxylation is 2. The maximum absolute atomic E-state index is 12.4. The number of esters is 1. The van der Waals surface area contributed by atoms with Crippen molar-refractivity contribution in [1.82, 2.24) is 25.1 Å². The lowest BCUT2D eigenvalue weighted by Gasteiger charge is -2.12. The second-order valence-corrected chi connectivity index (χ2v) is 7.79. The summed E-state index contributed by atoms with van der Waals surface area (Å²) in [6, 6.07) is 3.12. The van der Waals surface area contributed by atoms with Gasteiger partial charge in [0.05, 0.1) is 17.9 Å². The molecule has 0 spiro atoms. The first-order valence-corrected chi connectivity index (χ1v) is 11.0. The molecule has 0 aromatic carbocycles. The van der Waals surface area contributed by atoms with Crippen LogP contribution in [0, 0.1) is 12.8 Å². The standard InChI is InChI=1S/C20H29N5O3S/c1-6-28-19(27)15-9-10-16(22-14(15)4)18(26)21-11-7-8-17-23-24-20(29-5)25(17)12-13(2)3/h9-10,13H,6-8,11-12H2,1-5H3,(H,21,26). The van der Waals surface area contributed by atoms with E-state index in [4.69, 9.17) is 4.74 Å². The molecule has 0 radical (unpaired) electrons. The fraction of sp³-hybridized carbons (Fsp3) is 0.550. The Kier molecular flexibility index (Phi) is 8.63. The number of ether oxygens (including phenoxy) is 1. The molecule has 2 heterocycles. The zero-order valence-corrected chi connectivity index (χ0v) is 18.5. The number of amides is 1. The van der Waals surface area contributed by atoms with Crippen molar-refractivity contribution >= 4 is 23.6 Å². The van der Waals surface area contributed by atoms with Crippen molar-refractivity contribution in [3.63, 3.8) is 0 Å². The molecule has 0 aliphatic rings. The molecule has 1 amide bonds. The van der Waals surface area contributed by atoms with Gasteiger partial charge in [-0.1, -0.05) is 25.6 Å². The number of rotatable bonds is 10. The molecular formula is C20H29N5O3S. The monoisotopic (exact) mass is 419 g/mol. The summed E-state index contributed by atoms with van der Waals surface area (Å²) in [7, 11) is 0. The van der Waals surface area contributed by atoms with Crippen molar-refractivity contribution in [2.75, 3.05) is 19.4 Å². The van der Waals surface area contributed by atoms with Gasteiger partial charge in [-0.3, -0.25) is 4.79 Å². The van der Waals surface area contributed by atoms with Gasteiger partial charge in [0.25, 0.3) is 5.91 Å². The van der Waals surface area contributed by atoms with Crippen LogP contribution in [-0.2, 0) is 17.7 Å². The Morgan fingerprint density at radius 2 is 2.03 bits per heavy atom. The van der Waals surface area contributed by atoms with Crippen LogP contribution in [0.3, 0.4) is 0 Å². The topological polar surface area (TPSA) is 99.0 Å². The molecule has 0 bridgehead atoms. The predicted octanol–water partition coefficient (Wildman–Crippen LogP) is 2.90. The molecule has 2 rings (SSSR count). The molecule has 9 heteroatoms. The summed E-state index contributed by atoms with van der Waals surface area (Å²) in [5.74, 6) is 0.740. The van der Waals surface area contributed by atoms with Crippen LogP contribution in [0.5, 0.6) is 0 Å². The van der Waals surface area contributed by atoms with E-state index in [2.05, 4.69) is 38.9 Å². The van der Waals surface area contributed by atoms with Crippen molar-refractivity contribution in [2.24, 2.45) is 5.92 Å². The van der Waals surface area contributed by atoms with E-state index < -0.39 is 5.97 Å². The number of nitrogens with one attached hydrogen (secondary N) is 1. The van der Waals surface area contributed by atoms with Gasteiger partial charge >= 0.3 is 5.97 Å². The van der Waals surface area contributed by atoms with Crippen LogP contribution in [0.1, 0.15) is 59.6 Å². The normalized spacial score (nSPS) is 11.0. The first-order chi connectivity index (χ1) is 13.9. The molecule has 2 aromatic heterocycles. The highest BCUT2D eigenvalue weighted by Gasteiger charge is 2.15.